The molecule has 1 aliphatic carbocycles. The average molecular weight is 428 g/mol. The second-order valence-corrected chi connectivity index (χ2v) is 8.63. The first kappa shape index (κ1) is 20.6. The van der Waals surface area contributed by atoms with Gasteiger partial charge in [0.25, 0.3) is 0 Å². The number of fused-ring (bicyclic) bond motifs is 1. The molecule has 5 rings (SSSR count). The number of nitrogens with zero attached hydrogens (tertiary/aromatic N) is 4. The molecule has 6 heteroatoms. The largest absolute Gasteiger partial charge is 0.372 e. The zero-order valence-corrected chi connectivity index (χ0v) is 18.5. The van der Waals surface area contributed by atoms with E-state index in [0.29, 0.717) is 17.8 Å². The molecule has 32 heavy (non-hydrogen) atoms. The molecule has 1 aliphatic heterocycles. The molecule has 1 aromatic heterocycles. The van der Waals surface area contributed by atoms with Crippen molar-refractivity contribution < 1.29 is 4.79 Å². The summed E-state index contributed by atoms with van der Waals surface area (Å²) in [5, 5.41) is 3.15. The lowest BCUT2D eigenvalue weighted by molar-refractivity contribution is 0.0963. The van der Waals surface area contributed by atoms with Crippen LogP contribution in [0.4, 0.5) is 11.8 Å². The van der Waals surface area contributed by atoms with Gasteiger partial charge in [0.2, 0.25) is 5.95 Å². The molecule has 0 radical (unpaired) electrons. The third kappa shape index (κ3) is 4.23. The van der Waals surface area contributed by atoms with Crippen LogP contribution in [0.1, 0.15) is 39.5 Å². The minimum absolute atomic E-state index is 0.128. The summed E-state index contributed by atoms with van der Waals surface area (Å²) in [6, 6.07) is 20.9. The first-order valence-electron chi connectivity index (χ1n) is 11.4. The van der Waals surface area contributed by atoms with Crippen molar-refractivity contribution in [1.29, 1.82) is 0 Å². The number of carbonyl (C=O) groups is 1. The fourth-order valence-electron chi connectivity index (χ4n) is 4.80. The summed E-state index contributed by atoms with van der Waals surface area (Å²) in [5.74, 6) is 1.69. The number of carbonyl (C=O) groups excluding carboxylic acids is 1. The van der Waals surface area contributed by atoms with Crippen LogP contribution in [0.3, 0.4) is 0 Å². The van der Waals surface area contributed by atoms with E-state index < -0.39 is 0 Å². The normalized spacial score (nSPS) is 19.0. The first-order chi connectivity index (χ1) is 15.7. The van der Waals surface area contributed by atoms with Gasteiger partial charge in [0.15, 0.2) is 5.78 Å². The van der Waals surface area contributed by atoms with Crippen LogP contribution in [-0.4, -0.2) is 53.9 Å². The maximum Gasteiger partial charge on any atom is 0.227 e. The monoisotopic (exact) mass is 427 g/mol. The van der Waals surface area contributed by atoms with Crippen molar-refractivity contribution in [2.75, 3.05) is 43.4 Å². The molecule has 164 valence electrons. The number of ketones is 1. The van der Waals surface area contributed by atoms with Gasteiger partial charge in [-0.05, 0) is 23.5 Å². The van der Waals surface area contributed by atoms with Crippen LogP contribution in [0, 0.1) is 0 Å². The number of benzene rings is 2. The predicted octanol–water partition coefficient (Wildman–Crippen LogP) is 3.75. The van der Waals surface area contributed by atoms with E-state index in [1.54, 1.807) is 0 Å². The molecule has 1 atom stereocenters. The van der Waals surface area contributed by atoms with E-state index in [1.807, 2.05) is 25.2 Å². The number of hydrogen-bond donors (Lipinski definition) is 1. The van der Waals surface area contributed by atoms with Gasteiger partial charge in [0.1, 0.15) is 5.82 Å². The minimum atomic E-state index is 0.128. The zero-order valence-electron chi connectivity index (χ0n) is 18.5. The third-order valence-corrected chi connectivity index (χ3v) is 6.53. The maximum absolute atomic E-state index is 13.0. The number of piperazine rings is 1. The van der Waals surface area contributed by atoms with E-state index >= 15 is 0 Å². The van der Waals surface area contributed by atoms with Crippen LogP contribution >= 0.6 is 0 Å². The fraction of sp³-hybridized carbons (Fsp3) is 0.346. The van der Waals surface area contributed by atoms with Crippen molar-refractivity contribution >= 4 is 17.5 Å². The molecule has 0 bridgehead atoms. The smallest absolute Gasteiger partial charge is 0.227 e. The number of nitrogens with one attached hydrogen (secondary N) is 1. The molecule has 0 amide bonds. The van der Waals surface area contributed by atoms with Crippen LogP contribution in [0.25, 0.3) is 0 Å². The number of hydrogen-bond acceptors (Lipinski definition) is 6. The highest BCUT2D eigenvalue weighted by Gasteiger charge is 2.32. The predicted molar refractivity (Wildman–Crippen MR) is 127 cm³/mol. The standard InChI is InChI=1S/C26H29N5O/c1-27-25-24-22(16-21(17-23(24)32)20-10-6-3-7-11-20)28-26(29-25)31-14-12-30(13-15-31)18-19-8-4-2-5-9-19/h2-11,21H,12-18H2,1H3,(H,27,28,29)/t21-/m0/s1. The van der Waals surface area contributed by atoms with E-state index in [1.165, 1.54) is 11.1 Å². The van der Waals surface area contributed by atoms with Crippen molar-refractivity contribution in [3.8, 4) is 0 Å². The highest BCUT2D eigenvalue weighted by atomic mass is 16.1. The Kier molecular flexibility index (Phi) is 5.86. The van der Waals surface area contributed by atoms with Gasteiger partial charge in [-0.3, -0.25) is 9.69 Å². The van der Waals surface area contributed by atoms with E-state index in [9.17, 15) is 4.79 Å². The molecule has 1 saturated heterocycles. The lowest BCUT2D eigenvalue weighted by Crippen LogP contribution is -2.46. The van der Waals surface area contributed by atoms with Crippen LogP contribution in [-0.2, 0) is 13.0 Å². The molecule has 0 unspecified atom stereocenters. The molecule has 1 N–H and O–H groups in total. The minimum Gasteiger partial charge on any atom is -0.372 e. The van der Waals surface area contributed by atoms with Crippen LogP contribution in [0.15, 0.2) is 60.7 Å². The van der Waals surface area contributed by atoms with Gasteiger partial charge in [-0.15, -0.1) is 0 Å². The molecule has 2 aromatic carbocycles. The quantitative estimate of drug-likeness (QED) is 0.669. The Bertz CT molecular complexity index is 1080. The molecule has 6 nitrogen and oxygen atoms in total. The van der Waals surface area contributed by atoms with E-state index in [-0.39, 0.29) is 11.7 Å². The summed E-state index contributed by atoms with van der Waals surface area (Å²) in [4.78, 5) is 27.4. The molecule has 0 spiro atoms. The third-order valence-electron chi connectivity index (χ3n) is 6.53. The highest BCUT2D eigenvalue weighted by molar-refractivity contribution is 6.03. The Morgan fingerprint density at radius 1 is 0.906 bits per heavy atom. The number of anilines is 2. The SMILES string of the molecule is CNc1nc(N2CCN(Cc3ccccc3)CC2)nc2c1C(=O)C[C@@H](c1ccccc1)C2. The molecular formula is C26H29N5O. The van der Waals surface area contributed by atoms with Crippen molar-refractivity contribution in [3.05, 3.63) is 83.0 Å². The van der Waals surface area contributed by atoms with Crippen LogP contribution in [0.5, 0.6) is 0 Å². The van der Waals surface area contributed by atoms with Gasteiger partial charge in [0, 0.05) is 46.2 Å². The Morgan fingerprint density at radius 3 is 2.28 bits per heavy atom. The van der Waals surface area contributed by atoms with Crippen molar-refractivity contribution in [2.24, 2.45) is 0 Å². The van der Waals surface area contributed by atoms with Crippen molar-refractivity contribution in [3.63, 3.8) is 0 Å². The first-order valence-corrected chi connectivity index (χ1v) is 11.4. The second-order valence-electron chi connectivity index (χ2n) is 8.63. The van der Waals surface area contributed by atoms with Crippen LogP contribution < -0.4 is 10.2 Å². The van der Waals surface area contributed by atoms with Gasteiger partial charge in [-0.1, -0.05) is 60.7 Å². The molecule has 2 aliphatic rings. The topological polar surface area (TPSA) is 61.4 Å². The van der Waals surface area contributed by atoms with E-state index in [2.05, 4.69) is 57.6 Å². The summed E-state index contributed by atoms with van der Waals surface area (Å²) >= 11 is 0. The van der Waals surface area contributed by atoms with Gasteiger partial charge in [-0.25, -0.2) is 4.98 Å². The molecular weight excluding hydrogens is 398 g/mol. The van der Waals surface area contributed by atoms with E-state index in [4.69, 9.17) is 9.97 Å². The lowest BCUT2D eigenvalue weighted by Gasteiger charge is -2.35. The number of Topliss-reactive ketones (excluding diaryl/α,β-unsaturated/α-hetero) is 1. The van der Waals surface area contributed by atoms with Gasteiger partial charge < -0.3 is 10.2 Å². The van der Waals surface area contributed by atoms with Gasteiger partial charge >= 0.3 is 0 Å². The number of rotatable bonds is 5. The van der Waals surface area contributed by atoms with Crippen LogP contribution in [0.2, 0.25) is 0 Å². The Morgan fingerprint density at radius 2 is 1.59 bits per heavy atom. The summed E-state index contributed by atoms with van der Waals surface area (Å²) in [7, 11) is 1.83. The Labute approximate surface area is 189 Å². The van der Waals surface area contributed by atoms with E-state index in [0.717, 1.165) is 50.8 Å². The molecule has 3 aromatic rings. The fourth-order valence-corrected chi connectivity index (χ4v) is 4.80. The Hall–Kier alpha value is -3.25. The highest BCUT2D eigenvalue weighted by Crippen LogP contribution is 2.35. The lowest BCUT2D eigenvalue weighted by atomic mass is 9.82. The molecule has 0 saturated carbocycles. The molecule has 2 heterocycles. The average Bonchev–Trinajstić information content (AvgIpc) is 2.85. The van der Waals surface area contributed by atoms with Crippen molar-refractivity contribution in [1.82, 2.24) is 14.9 Å². The van der Waals surface area contributed by atoms with Gasteiger partial charge in [-0.2, -0.15) is 4.98 Å². The van der Waals surface area contributed by atoms with Crippen molar-refractivity contribution in [2.45, 2.75) is 25.3 Å². The Balaban J connectivity index is 1.34. The number of aromatic nitrogens is 2. The summed E-state index contributed by atoms with van der Waals surface area (Å²) < 4.78 is 0. The zero-order chi connectivity index (χ0) is 21.9. The second kappa shape index (κ2) is 9.09. The summed E-state index contributed by atoms with van der Waals surface area (Å²) in [6.07, 6.45) is 1.27. The van der Waals surface area contributed by atoms with Gasteiger partial charge in [0.05, 0.1) is 11.3 Å². The summed E-state index contributed by atoms with van der Waals surface area (Å²) in [5.41, 5.74) is 4.09. The maximum atomic E-state index is 13.0. The molecule has 1 fully saturated rings. The summed E-state index contributed by atoms with van der Waals surface area (Å²) in [6.45, 7) is 4.66.